The number of aromatic hydroxyl groups is 1. The maximum atomic E-state index is 12.0. The topological polar surface area (TPSA) is 61.7 Å². The van der Waals surface area contributed by atoms with E-state index in [2.05, 4.69) is 74.2 Å². The molecule has 22 heavy (non-hydrogen) atoms. The Kier molecular flexibility index (Phi) is 6.19. The molecule has 4 nitrogen and oxygen atoms in total. The lowest BCUT2D eigenvalue weighted by atomic mass is 10.2. The monoisotopic (exact) mass is 552 g/mol. The predicted octanol–water partition coefficient (Wildman–Crippen LogP) is 5.21. The first-order valence-corrected chi connectivity index (χ1v) is 9.03. The van der Waals surface area contributed by atoms with Crippen molar-refractivity contribution in [2.45, 2.75) is 0 Å². The molecule has 0 radical (unpaired) electrons. The van der Waals surface area contributed by atoms with Crippen molar-refractivity contribution in [3.05, 3.63) is 59.3 Å². The van der Waals surface area contributed by atoms with Crippen molar-refractivity contribution in [2.75, 3.05) is 0 Å². The van der Waals surface area contributed by atoms with Gasteiger partial charge in [0.25, 0.3) is 5.91 Å². The molecule has 0 saturated carbocycles. The minimum absolute atomic E-state index is 0.0572. The number of phenols is 1. The Morgan fingerprint density at radius 2 is 1.77 bits per heavy atom. The third kappa shape index (κ3) is 3.98. The molecule has 2 aromatic rings. The Balaban J connectivity index is 2.19. The molecule has 2 aromatic carbocycles. The van der Waals surface area contributed by atoms with E-state index in [4.69, 9.17) is 0 Å². The molecule has 114 valence electrons. The number of hydrogen-bond donors (Lipinski definition) is 2. The van der Waals surface area contributed by atoms with E-state index in [1.54, 1.807) is 24.3 Å². The second-order valence-electron chi connectivity index (χ2n) is 4.10. The lowest BCUT2D eigenvalue weighted by Gasteiger charge is -2.07. The minimum atomic E-state index is -0.336. The van der Waals surface area contributed by atoms with E-state index in [1.807, 2.05) is 6.07 Å². The fourth-order valence-electron chi connectivity index (χ4n) is 1.57. The maximum Gasteiger partial charge on any atom is 0.272 e. The van der Waals surface area contributed by atoms with Gasteiger partial charge in [0.2, 0.25) is 0 Å². The second kappa shape index (κ2) is 7.72. The van der Waals surface area contributed by atoms with E-state index in [0.29, 0.717) is 29.0 Å². The van der Waals surface area contributed by atoms with E-state index in [0.717, 1.165) is 0 Å². The van der Waals surface area contributed by atoms with Crippen molar-refractivity contribution in [3.8, 4) is 5.75 Å². The van der Waals surface area contributed by atoms with Crippen LogP contribution in [0.2, 0.25) is 0 Å². The number of nitrogens with zero attached hydrogens (tertiary/aromatic N) is 1. The number of benzene rings is 2. The highest BCUT2D eigenvalue weighted by Crippen LogP contribution is 2.38. The summed E-state index contributed by atoms with van der Waals surface area (Å²) in [6.45, 7) is 0. The van der Waals surface area contributed by atoms with Gasteiger partial charge in [-0.25, -0.2) is 5.43 Å². The molecule has 0 heterocycles. The molecule has 0 atom stereocenters. The molecule has 0 aliphatic carbocycles. The van der Waals surface area contributed by atoms with Crippen LogP contribution in [0.1, 0.15) is 15.9 Å². The molecule has 2 rings (SSSR count). The van der Waals surface area contributed by atoms with Crippen LogP contribution in [0.4, 0.5) is 0 Å². The molecular formula is C14H8Br4N2O2. The normalized spacial score (nSPS) is 10.9. The number of halogens is 4. The van der Waals surface area contributed by atoms with Crippen molar-refractivity contribution < 1.29 is 9.90 Å². The Bertz CT molecular complexity index is 763. The van der Waals surface area contributed by atoms with Gasteiger partial charge in [0, 0.05) is 14.5 Å². The third-order valence-corrected chi connectivity index (χ3v) is 5.41. The van der Waals surface area contributed by atoms with Crippen LogP contribution in [0.15, 0.2) is 53.3 Å². The van der Waals surface area contributed by atoms with Crippen molar-refractivity contribution in [3.63, 3.8) is 0 Å². The fourth-order valence-corrected chi connectivity index (χ4v) is 4.36. The largest absolute Gasteiger partial charge is 0.506 e. The maximum absolute atomic E-state index is 12.0. The number of hydrogen-bond acceptors (Lipinski definition) is 3. The summed E-state index contributed by atoms with van der Waals surface area (Å²) in [6.07, 6.45) is 1.44. The Labute approximate surface area is 160 Å². The van der Waals surface area contributed by atoms with Crippen LogP contribution in [-0.4, -0.2) is 17.2 Å². The van der Waals surface area contributed by atoms with Gasteiger partial charge in [-0.15, -0.1) is 0 Å². The lowest BCUT2D eigenvalue weighted by Crippen LogP contribution is -2.18. The number of amides is 1. The summed E-state index contributed by atoms with van der Waals surface area (Å²) in [7, 11) is 0. The summed E-state index contributed by atoms with van der Waals surface area (Å²) < 4.78 is 2.41. The molecule has 0 unspecified atom stereocenters. The van der Waals surface area contributed by atoms with Gasteiger partial charge in [-0.05, 0) is 66.0 Å². The predicted molar refractivity (Wildman–Crippen MR) is 100 cm³/mol. The average molecular weight is 556 g/mol. The molecule has 0 spiro atoms. The van der Waals surface area contributed by atoms with Crippen molar-refractivity contribution in [1.29, 1.82) is 0 Å². The summed E-state index contributed by atoms with van der Waals surface area (Å²) in [4.78, 5) is 12.0. The van der Waals surface area contributed by atoms with Crippen molar-refractivity contribution in [2.24, 2.45) is 5.10 Å². The smallest absolute Gasteiger partial charge is 0.272 e. The molecule has 1 amide bonds. The highest BCUT2D eigenvalue weighted by Gasteiger charge is 2.12. The Morgan fingerprint density at radius 3 is 2.45 bits per heavy atom. The van der Waals surface area contributed by atoms with Crippen LogP contribution in [0.3, 0.4) is 0 Å². The average Bonchev–Trinajstić information content (AvgIpc) is 2.48. The van der Waals surface area contributed by atoms with E-state index >= 15 is 0 Å². The first kappa shape index (κ1) is 17.7. The number of nitrogens with one attached hydrogen (secondary N) is 1. The highest BCUT2D eigenvalue weighted by molar-refractivity contribution is 9.11. The summed E-state index contributed by atoms with van der Waals surface area (Å²) in [5, 5.41) is 13.8. The van der Waals surface area contributed by atoms with Crippen LogP contribution in [0, 0.1) is 0 Å². The Hall–Kier alpha value is -0.700. The lowest BCUT2D eigenvalue weighted by molar-refractivity contribution is 0.0954. The summed E-state index contributed by atoms with van der Waals surface area (Å²) in [5.41, 5.74) is 3.53. The van der Waals surface area contributed by atoms with Gasteiger partial charge in [0.15, 0.2) is 0 Å². The second-order valence-corrected chi connectivity index (χ2v) is 7.45. The molecule has 2 N–H and O–H groups in total. The molecule has 0 saturated heterocycles. The van der Waals surface area contributed by atoms with Gasteiger partial charge >= 0.3 is 0 Å². The van der Waals surface area contributed by atoms with E-state index < -0.39 is 0 Å². The highest BCUT2D eigenvalue weighted by atomic mass is 79.9. The van der Waals surface area contributed by atoms with Crippen LogP contribution in [0.25, 0.3) is 0 Å². The van der Waals surface area contributed by atoms with Gasteiger partial charge in [-0.3, -0.25) is 4.79 Å². The van der Waals surface area contributed by atoms with Crippen molar-refractivity contribution in [1.82, 2.24) is 5.43 Å². The van der Waals surface area contributed by atoms with Crippen LogP contribution >= 0.6 is 63.7 Å². The fraction of sp³-hybridized carbons (Fsp3) is 0. The molecule has 0 aromatic heterocycles. The van der Waals surface area contributed by atoms with E-state index in [1.165, 1.54) is 6.21 Å². The number of carbonyl (C=O) groups is 1. The zero-order valence-electron chi connectivity index (χ0n) is 10.8. The molecule has 0 aliphatic heterocycles. The van der Waals surface area contributed by atoms with Gasteiger partial charge in [0.05, 0.1) is 20.7 Å². The quantitative estimate of drug-likeness (QED) is 0.404. The number of carbonyl (C=O) groups excluding carboxylic acids is 1. The first-order valence-electron chi connectivity index (χ1n) is 5.86. The van der Waals surface area contributed by atoms with Gasteiger partial charge < -0.3 is 5.11 Å². The Morgan fingerprint density at radius 1 is 1.09 bits per heavy atom. The molecule has 0 fully saturated rings. The van der Waals surface area contributed by atoms with E-state index in [-0.39, 0.29) is 11.7 Å². The first-order chi connectivity index (χ1) is 10.4. The van der Waals surface area contributed by atoms with E-state index in [9.17, 15) is 9.90 Å². The van der Waals surface area contributed by atoms with Crippen molar-refractivity contribution >= 4 is 75.8 Å². The molecular weight excluding hydrogens is 548 g/mol. The summed E-state index contributed by atoms with van der Waals surface area (Å²) in [5.74, 6) is -0.279. The zero-order chi connectivity index (χ0) is 16.3. The number of rotatable bonds is 3. The van der Waals surface area contributed by atoms with Gasteiger partial charge in [0.1, 0.15) is 5.75 Å². The standard InChI is InChI=1S/C14H8Br4N2O2/c15-9-4-2-1-3-7(9)14(22)20-19-6-8-10(16)5-11(17)13(21)12(8)18/h1-6,21H,(H,20,22)/b19-6+. The van der Waals surface area contributed by atoms with Crippen LogP contribution in [-0.2, 0) is 0 Å². The minimum Gasteiger partial charge on any atom is -0.506 e. The number of hydrazone groups is 1. The number of phenolic OH excluding ortho intramolecular Hbond substituents is 1. The molecule has 8 heteroatoms. The van der Waals surface area contributed by atoms with Gasteiger partial charge in [-0.2, -0.15) is 5.10 Å². The molecule has 0 aliphatic rings. The summed E-state index contributed by atoms with van der Waals surface area (Å²) >= 11 is 13.2. The zero-order valence-corrected chi connectivity index (χ0v) is 17.1. The van der Waals surface area contributed by atoms with Crippen LogP contribution in [0.5, 0.6) is 5.75 Å². The SMILES string of the molecule is O=C(N/N=C/c1c(Br)cc(Br)c(O)c1Br)c1ccccc1Br. The molecule has 0 bridgehead atoms. The summed E-state index contributed by atoms with van der Waals surface area (Å²) in [6, 6.07) is 8.74. The van der Waals surface area contributed by atoms with Crippen LogP contribution < -0.4 is 5.43 Å². The third-order valence-electron chi connectivity index (χ3n) is 2.66. The van der Waals surface area contributed by atoms with Gasteiger partial charge in [-0.1, -0.05) is 28.1 Å².